The monoisotopic (exact) mass is 252 g/mol. The van der Waals surface area contributed by atoms with Crippen LogP contribution in [-0.2, 0) is 0 Å². The van der Waals surface area contributed by atoms with E-state index < -0.39 is 0 Å². The minimum absolute atomic E-state index is 0.170. The molecular weight excluding hydrogens is 240 g/mol. The predicted octanol–water partition coefficient (Wildman–Crippen LogP) is 3.02. The molecule has 4 nitrogen and oxygen atoms in total. The van der Waals surface area contributed by atoms with Crippen LogP contribution in [0, 0.1) is 6.92 Å². The van der Waals surface area contributed by atoms with Crippen LogP contribution in [0.1, 0.15) is 5.56 Å². The van der Waals surface area contributed by atoms with Gasteiger partial charge in [-0.25, -0.2) is 0 Å². The molecule has 3 rings (SSSR count). The third-order valence-corrected chi connectivity index (χ3v) is 3.12. The van der Waals surface area contributed by atoms with E-state index in [4.69, 9.17) is 0 Å². The zero-order chi connectivity index (χ0) is 13.4. The lowest BCUT2D eigenvalue weighted by atomic mass is 10.0. The summed E-state index contributed by atoms with van der Waals surface area (Å²) in [5.41, 5.74) is 2.91. The highest BCUT2D eigenvalue weighted by Crippen LogP contribution is 2.35. The average molecular weight is 252 g/mol. The summed E-state index contributed by atoms with van der Waals surface area (Å²) in [6, 6.07) is 6.82. The van der Waals surface area contributed by atoms with E-state index in [2.05, 4.69) is 9.97 Å². The smallest absolute Gasteiger partial charge is 0.129 e. The van der Waals surface area contributed by atoms with Crippen LogP contribution >= 0.6 is 0 Å². The first-order valence-corrected chi connectivity index (χ1v) is 5.88. The molecule has 0 bridgehead atoms. The molecular formula is C15H12N2O2. The van der Waals surface area contributed by atoms with Gasteiger partial charge in [-0.2, -0.15) is 0 Å². The van der Waals surface area contributed by atoms with E-state index >= 15 is 0 Å². The lowest BCUT2D eigenvalue weighted by Crippen LogP contribution is -1.88. The van der Waals surface area contributed by atoms with E-state index in [1.165, 1.54) is 0 Å². The van der Waals surface area contributed by atoms with Crippen molar-refractivity contribution < 1.29 is 10.2 Å². The molecule has 2 N–H and O–H groups in total. The van der Waals surface area contributed by atoms with E-state index in [1.807, 2.05) is 6.07 Å². The maximum absolute atomic E-state index is 10.2. The minimum atomic E-state index is 0.170. The third kappa shape index (κ3) is 1.87. The summed E-state index contributed by atoms with van der Waals surface area (Å²) in [6.45, 7) is 1.81. The summed E-state index contributed by atoms with van der Waals surface area (Å²) in [7, 11) is 0. The number of hydrogen-bond donors (Lipinski definition) is 2. The van der Waals surface area contributed by atoms with Crippen molar-refractivity contribution in [2.75, 3.05) is 0 Å². The summed E-state index contributed by atoms with van der Waals surface area (Å²) < 4.78 is 0. The molecule has 94 valence electrons. The third-order valence-electron chi connectivity index (χ3n) is 3.12. The maximum Gasteiger partial charge on any atom is 0.129 e. The van der Waals surface area contributed by atoms with Gasteiger partial charge in [-0.1, -0.05) is 0 Å². The summed E-state index contributed by atoms with van der Waals surface area (Å²) in [5.74, 6) is 0.388. The van der Waals surface area contributed by atoms with Gasteiger partial charge in [0.15, 0.2) is 0 Å². The number of aromatic nitrogens is 2. The van der Waals surface area contributed by atoms with Gasteiger partial charge in [-0.05, 0) is 30.7 Å². The highest BCUT2D eigenvalue weighted by atomic mass is 16.3. The number of aromatic hydroxyl groups is 2. The van der Waals surface area contributed by atoms with Crippen LogP contribution in [0.25, 0.3) is 22.0 Å². The number of rotatable bonds is 1. The Bertz CT molecular complexity index is 769. The lowest BCUT2D eigenvalue weighted by Gasteiger charge is -2.09. The van der Waals surface area contributed by atoms with E-state index in [9.17, 15) is 10.2 Å². The van der Waals surface area contributed by atoms with Gasteiger partial charge in [0.05, 0.1) is 5.52 Å². The number of pyridine rings is 2. The SMILES string of the molecule is Cc1cncc(-c2ccnc3cc(O)ccc23)c1O. The largest absolute Gasteiger partial charge is 0.508 e. The van der Waals surface area contributed by atoms with Crippen LogP contribution in [0.2, 0.25) is 0 Å². The molecule has 19 heavy (non-hydrogen) atoms. The normalized spacial score (nSPS) is 10.8. The van der Waals surface area contributed by atoms with Gasteiger partial charge in [0.1, 0.15) is 11.5 Å². The molecule has 4 heteroatoms. The van der Waals surface area contributed by atoms with Crippen molar-refractivity contribution in [3.63, 3.8) is 0 Å². The number of hydrogen-bond acceptors (Lipinski definition) is 4. The lowest BCUT2D eigenvalue weighted by molar-refractivity contribution is 0.472. The molecule has 0 amide bonds. The Morgan fingerprint density at radius 1 is 1.00 bits per heavy atom. The number of fused-ring (bicyclic) bond motifs is 1. The zero-order valence-corrected chi connectivity index (χ0v) is 10.3. The predicted molar refractivity (Wildman–Crippen MR) is 73.0 cm³/mol. The number of phenolic OH excluding ortho intramolecular Hbond substituents is 1. The second-order valence-electron chi connectivity index (χ2n) is 4.41. The van der Waals surface area contributed by atoms with Gasteiger partial charge in [0, 0.05) is 41.2 Å². The second-order valence-corrected chi connectivity index (χ2v) is 4.41. The Morgan fingerprint density at radius 3 is 2.68 bits per heavy atom. The Morgan fingerprint density at radius 2 is 1.84 bits per heavy atom. The van der Waals surface area contributed by atoms with Crippen LogP contribution in [0.3, 0.4) is 0 Å². The van der Waals surface area contributed by atoms with Crippen molar-refractivity contribution in [2.45, 2.75) is 6.92 Å². The van der Waals surface area contributed by atoms with Crippen LogP contribution in [0.4, 0.5) is 0 Å². The van der Waals surface area contributed by atoms with Crippen molar-refractivity contribution in [1.29, 1.82) is 0 Å². The molecule has 0 aliphatic rings. The first kappa shape index (κ1) is 11.5. The topological polar surface area (TPSA) is 66.2 Å². The van der Waals surface area contributed by atoms with Crippen LogP contribution in [0.15, 0.2) is 42.9 Å². The second kappa shape index (κ2) is 4.24. The maximum atomic E-state index is 10.2. The van der Waals surface area contributed by atoms with Gasteiger partial charge in [-0.15, -0.1) is 0 Å². The van der Waals surface area contributed by atoms with Crippen LogP contribution < -0.4 is 0 Å². The van der Waals surface area contributed by atoms with Gasteiger partial charge in [-0.3, -0.25) is 9.97 Å². The highest BCUT2D eigenvalue weighted by Gasteiger charge is 2.11. The molecule has 0 aliphatic heterocycles. The number of benzene rings is 1. The molecule has 0 saturated carbocycles. The standard InChI is InChI=1S/C15H12N2O2/c1-9-7-16-8-13(15(9)19)11-4-5-17-14-6-10(18)2-3-12(11)14/h2-8,18H,1H3,(H,16,19). The summed E-state index contributed by atoms with van der Waals surface area (Å²) in [4.78, 5) is 8.33. The Labute approximate surface area is 110 Å². The number of phenols is 1. The van der Waals surface area contributed by atoms with Crippen molar-refractivity contribution in [3.8, 4) is 22.6 Å². The molecule has 0 fully saturated rings. The quantitative estimate of drug-likeness (QED) is 0.698. The Hall–Kier alpha value is -2.62. The van der Waals surface area contributed by atoms with Crippen molar-refractivity contribution >= 4 is 10.9 Å². The molecule has 2 aromatic heterocycles. The molecule has 0 atom stereocenters. The van der Waals surface area contributed by atoms with Crippen molar-refractivity contribution in [2.24, 2.45) is 0 Å². The van der Waals surface area contributed by atoms with Gasteiger partial charge < -0.3 is 10.2 Å². The summed E-state index contributed by atoms with van der Waals surface area (Å²) >= 11 is 0. The Kier molecular flexibility index (Phi) is 2.56. The van der Waals surface area contributed by atoms with Crippen molar-refractivity contribution in [3.05, 3.63) is 48.4 Å². The van der Waals surface area contributed by atoms with E-state index in [0.717, 1.165) is 16.5 Å². The summed E-state index contributed by atoms with van der Waals surface area (Å²) in [6.07, 6.45) is 4.90. The fourth-order valence-corrected chi connectivity index (χ4v) is 2.13. The minimum Gasteiger partial charge on any atom is -0.508 e. The van der Waals surface area contributed by atoms with Crippen LogP contribution in [0.5, 0.6) is 11.5 Å². The molecule has 0 saturated heterocycles. The molecule has 0 spiro atoms. The molecule has 1 aromatic carbocycles. The van der Waals surface area contributed by atoms with E-state index in [1.54, 1.807) is 43.7 Å². The fourth-order valence-electron chi connectivity index (χ4n) is 2.13. The highest BCUT2D eigenvalue weighted by molar-refractivity contribution is 5.96. The summed E-state index contributed by atoms with van der Waals surface area (Å²) in [5, 5.41) is 20.5. The van der Waals surface area contributed by atoms with E-state index in [-0.39, 0.29) is 11.5 Å². The number of nitrogens with zero attached hydrogens (tertiary/aromatic N) is 2. The molecule has 3 aromatic rings. The van der Waals surface area contributed by atoms with Gasteiger partial charge in [0.2, 0.25) is 0 Å². The fraction of sp³-hybridized carbons (Fsp3) is 0.0667. The zero-order valence-electron chi connectivity index (χ0n) is 10.3. The van der Waals surface area contributed by atoms with Gasteiger partial charge >= 0.3 is 0 Å². The first-order valence-electron chi connectivity index (χ1n) is 5.88. The molecule has 0 radical (unpaired) electrons. The molecule has 2 heterocycles. The first-order chi connectivity index (χ1) is 9.16. The average Bonchev–Trinajstić information content (AvgIpc) is 2.41. The van der Waals surface area contributed by atoms with Gasteiger partial charge in [0.25, 0.3) is 0 Å². The molecule has 0 aliphatic carbocycles. The molecule has 0 unspecified atom stereocenters. The van der Waals surface area contributed by atoms with E-state index in [0.29, 0.717) is 11.1 Å². The van der Waals surface area contributed by atoms with Crippen LogP contribution in [-0.4, -0.2) is 20.2 Å². The van der Waals surface area contributed by atoms with Crippen molar-refractivity contribution in [1.82, 2.24) is 9.97 Å². The Balaban J connectivity index is 2.34. The number of aryl methyl sites for hydroxylation is 1.